The summed E-state index contributed by atoms with van der Waals surface area (Å²) in [5.74, 6) is 1.92. The summed E-state index contributed by atoms with van der Waals surface area (Å²) < 4.78 is 11.5. The molecule has 0 spiro atoms. The highest BCUT2D eigenvalue weighted by Gasteiger charge is 2.08. The Labute approximate surface area is 117 Å². The fourth-order valence-electron chi connectivity index (χ4n) is 2.19. The Balaban J connectivity index is 2.25. The second-order valence-electron chi connectivity index (χ2n) is 5.30. The van der Waals surface area contributed by atoms with Crippen LogP contribution >= 0.6 is 0 Å². The normalized spacial score (nSPS) is 12.8. The van der Waals surface area contributed by atoms with Crippen molar-refractivity contribution in [1.82, 2.24) is 5.32 Å². The van der Waals surface area contributed by atoms with Crippen LogP contribution < -0.4 is 5.32 Å². The van der Waals surface area contributed by atoms with Gasteiger partial charge >= 0.3 is 0 Å². The lowest BCUT2D eigenvalue weighted by Gasteiger charge is -2.11. The summed E-state index contributed by atoms with van der Waals surface area (Å²) in [6.07, 6.45) is 6.65. The minimum atomic E-state index is 0.315. The zero-order valence-corrected chi connectivity index (χ0v) is 12.9. The minimum Gasteiger partial charge on any atom is -0.464 e. The molecule has 1 N–H and O–H groups in total. The molecule has 1 aromatic heterocycles. The van der Waals surface area contributed by atoms with Crippen molar-refractivity contribution in [2.75, 3.05) is 7.05 Å². The maximum Gasteiger partial charge on any atom is 0.130 e. The van der Waals surface area contributed by atoms with E-state index in [-0.39, 0.29) is 0 Å². The third-order valence-electron chi connectivity index (χ3n) is 3.41. The van der Waals surface area contributed by atoms with Gasteiger partial charge in [-0.25, -0.2) is 0 Å². The van der Waals surface area contributed by atoms with E-state index in [9.17, 15) is 0 Å². The van der Waals surface area contributed by atoms with Gasteiger partial charge in [-0.3, -0.25) is 0 Å². The maximum absolute atomic E-state index is 5.84. The first-order chi connectivity index (χ1) is 9.17. The summed E-state index contributed by atoms with van der Waals surface area (Å²) in [7, 11) is 1.95. The van der Waals surface area contributed by atoms with E-state index in [2.05, 4.69) is 25.2 Å². The summed E-state index contributed by atoms with van der Waals surface area (Å²) in [5, 5.41) is 3.14. The van der Waals surface area contributed by atoms with Crippen molar-refractivity contribution in [2.45, 2.75) is 72.1 Å². The molecule has 0 aliphatic carbocycles. The molecule has 0 aliphatic rings. The molecule has 110 valence electrons. The van der Waals surface area contributed by atoms with Crippen LogP contribution in [0.2, 0.25) is 0 Å². The number of furan rings is 1. The first-order valence-electron chi connectivity index (χ1n) is 7.51. The Kier molecular flexibility index (Phi) is 7.84. The summed E-state index contributed by atoms with van der Waals surface area (Å²) >= 11 is 0. The van der Waals surface area contributed by atoms with E-state index < -0.39 is 0 Å². The van der Waals surface area contributed by atoms with Crippen molar-refractivity contribution in [2.24, 2.45) is 0 Å². The van der Waals surface area contributed by atoms with Gasteiger partial charge in [0, 0.05) is 12.1 Å². The average molecular weight is 267 g/mol. The topological polar surface area (TPSA) is 34.4 Å². The van der Waals surface area contributed by atoms with Gasteiger partial charge in [0.25, 0.3) is 0 Å². The monoisotopic (exact) mass is 267 g/mol. The van der Waals surface area contributed by atoms with Gasteiger partial charge < -0.3 is 14.5 Å². The van der Waals surface area contributed by atoms with Crippen LogP contribution in [0.4, 0.5) is 0 Å². The van der Waals surface area contributed by atoms with Crippen LogP contribution in [0.5, 0.6) is 0 Å². The minimum absolute atomic E-state index is 0.315. The number of aryl methyl sites for hydroxylation is 1. The molecule has 3 nitrogen and oxygen atoms in total. The number of hydrogen-bond donors (Lipinski definition) is 1. The van der Waals surface area contributed by atoms with Gasteiger partial charge in [-0.2, -0.15) is 0 Å². The van der Waals surface area contributed by atoms with Crippen LogP contribution in [0.15, 0.2) is 10.5 Å². The summed E-state index contributed by atoms with van der Waals surface area (Å²) in [4.78, 5) is 0. The summed E-state index contributed by atoms with van der Waals surface area (Å²) in [6, 6.07) is 2.09. The van der Waals surface area contributed by atoms with E-state index in [4.69, 9.17) is 9.15 Å². The highest BCUT2D eigenvalue weighted by atomic mass is 16.5. The maximum atomic E-state index is 5.84. The van der Waals surface area contributed by atoms with Crippen molar-refractivity contribution in [3.63, 3.8) is 0 Å². The lowest BCUT2D eigenvalue weighted by molar-refractivity contribution is 0.0357. The third kappa shape index (κ3) is 6.26. The van der Waals surface area contributed by atoms with Crippen LogP contribution in [-0.4, -0.2) is 13.2 Å². The van der Waals surface area contributed by atoms with E-state index in [0.717, 1.165) is 24.5 Å². The molecule has 1 heterocycles. The Hall–Kier alpha value is -0.800. The number of rotatable bonds is 10. The average Bonchev–Trinajstić information content (AvgIpc) is 2.74. The molecule has 0 saturated heterocycles. The van der Waals surface area contributed by atoms with Gasteiger partial charge in [-0.15, -0.1) is 0 Å². The van der Waals surface area contributed by atoms with Gasteiger partial charge in [0.2, 0.25) is 0 Å². The van der Waals surface area contributed by atoms with Crippen LogP contribution in [0, 0.1) is 6.92 Å². The smallest absolute Gasteiger partial charge is 0.130 e. The van der Waals surface area contributed by atoms with Crippen LogP contribution in [0.3, 0.4) is 0 Å². The van der Waals surface area contributed by atoms with Gasteiger partial charge in [-0.1, -0.05) is 32.6 Å². The molecule has 0 radical (unpaired) electrons. The van der Waals surface area contributed by atoms with Gasteiger partial charge in [-0.05, 0) is 33.4 Å². The van der Waals surface area contributed by atoms with Gasteiger partial charge in [0.1, 0.15) is 18.1 Å². The molecule has 1 aromatic rings. The van der Waals surface area contributed by atoms with Crippen molar-refractivity contribution < 1.29 is 9.15 Å². The predicted octanol–water partition coefficient (Wildman–Crippen LogP) is 4.18. The molecule has 0 aliphatic heterocycles. The Morgan fingerprint density at radius 1 is 1.32 bits per heavy atom. The molecule has 19 heavy (non-hydrogen) atoms. The Morgan fingerprint density at radius 3 is 2.79 bits per heavy atom. The van der Waals surface area contributed by atoms with Crippen LogP contribution in [0.1, 0.15) is 63.0 Å². The van der Waals surface area contributed by atoms with E-state index in [0.29, 0.717) is 12.7 Å². The molecule has 0 fully saturated rings. The predicted molar refractivity (Wildman–Crippen MR) is 79.2 cm³/mol. The quantitative estimate of drug-likeness (QED) is 0.646. The van der Waals surface area contributed by atoms with E-state index >= 15 is 0 Å². The fraction of sp³-hybridized carbons (Fsp3) is 0.750. The molecule has 3 heteroatoms. The highest BCUT2D eigenvalue weighted by Crippen LogP contribution is 2.17. The van der Waals surface area contributed by atoms with Gasteiger partial charge in [0.05, 0.1) is 6.10 Å². The van der Waals surface area contributed by atoms with E-state index in [1.807, 2.05) is 14.0 Å². The Morgan fingerprint density at radius 2 is 2.11 bits per heavy atom. The van der Waals surface area contributed by atoms with E-state index in [1.165, 1.54) is 31.2 Å². The number of ether oxygens (including phenoxy) is 1. The molecule has 1 atom stereocenters. The SMILES string of the molecule is CCCCCCC(C)OCc1cc(CNC)c(C)o1. The van der Waals surface area contributed by atoms with Crippen LogP contribution in [0.25, 0.3) is 0 Å². The Bertz CT molecular complexity index is 347. The lowest BCUT2D eigenvalue weighted by Crippen LogP contribution is -2.07. The highest BCUT2D eigenvalue weighted by molar-refractivity contribution is 5.20. The van der Waals surface area contributed by atoms with E-state index in [1.54, 1.807) is 0 Å². The first-order valence-corrected chi connectivity index (χ1v) is 7.51. The van der Waals surface area contributed by atoms with Crippen molar-refractivity contribution in [1.29, 1.82) is 0 Å². The molecule has 0 saturated carbocycles. The fourth-order valence-corrected chi connectivity index (χ4v) is 2.19. The number of hydrogen-bond acceptors (Lipinski definition) is 3. The first kappa shape index (κ1) is 16.3. The van der Waals surface area contributed by atoms with Crippen molar-refractivity contribution in [3.8, 4) is 0 Å². The third-order valence-corrected chi connectivity index (χ3v) is 3.41. The second-order valence-corrected chi connectivity index (χ2v) is 5.30. The summed E-state index contributed by atoms with van der Waals surface area (Å²) in [6.45, 7) is 7.82. The van der Waals surface area contributed by atoms with Crippen molar-refractivity contribution >= 4 is 0 Å². The molecule has 0 aromatic carbocycles. The van der Waals surface area contributed by atoms with Crippen molar-refractivity contribution in [3.05, 3.63) is 23.2 Å². The zero-order valence-electron chi connectivity index (χ0n) is 12.9. The number of unbranched alkanes of at least 4 members (excludes halogenated alkanes) is 3. The molecular formula is C16H29NO2. The zero-order chi connectivity index (χ0) is 14.1. The van der Waals surface area contributed by atoms with Gasteiger partial charge in [0.15, 0.2) is 0 Å². The molecular weight excluding hydrogens is 238 g/mol. The molecule has 0 amide bonds. The molecule has 1 rings (SSSR count). The number of nitrogens with one attached hydrogen (secondary N) is 1. The largest absolute Gasteiger partial charge is 0.464 e. The second kappa shape index (κ2) is 9.16. The standard InChI is InChI=1S/C16H29NO2/c1-5-6-7-8-9-13(2)18-12-16-10-15(11-17-4)14(3)19-16/h10,13,17H,5-9,11-12H2,1-4H3. The molecule has 0 bridgehead atoms. The molecule has 1 unspecified atom stereocenters. The lowest BCUT2D eigenvalue weighted by atomic mass is 10.1. The van der Waals surface area contributed by atoms with Crippen LogP contribution in [-0.2, 0) is 17.9 Å². The summed E-state index contributed by atoms with van der Waals surface area (Å²) in [5.41, 5.74) is 1.22.